The lowest BCUT2D eigenvalue weighted by molar-refractivity contribution is -0.0816. The SMILES string of the molecule is O=C(c1n[nH]c2ccccc12)N1CCC2(C1)Cn1c(n[nH]c1=O)CO2. The van der Waals surface area contributed by atoms with Gasteiger partial charge in [0, 0.05) is 11.9 Å². The van der Waals surface area contributed by atoms with Gasteiger partial charge in [-0.3, -0.25) is 14.5 Å². The van der Waals surface area contributed by atoms with Crippen molar-refractivity contribution in [1.82, 2.24) is 29.9 Å². The second kappa shape index (κ2) is 5.03. The third-order valence-electron chi connectivity index (χ3n) is 5.07. The third-order valence-corrected chi connectivity index (χ3v) is 5.07. The summed E-state index contributed by atoms with van der Waals surface area (Å²) in [7, 11) is 0. The van der Waals surface area contributed by atoms with Gasteiger partial charge in [0.1, 0.15) is 12.2 Å². The molecule has 1 saturated heterocycles. The molecular weight excluding hydrogens is 324 g/mol. The molecule has 9 heteroatoms. The van der Waals surface area contributed by atoms with Crippen molar-refractivity contribution in [3.8, 4) is 0 Å². The number of carbonyl (C=O) groups is 1. The molecule has 5 rings (SSSR count). The molecule has 1 atom stereocenters. The number of benzene rings is 1. The van der Waals surface area contributed by atoms with E-state index < -0.39 is 5.60 Å². The third kappa shape index (κ3) is 2.12. The van der Waals surface area contributed by atoms with Crippen LogP contribution in [0, 0.1) is 0 Å². The van der Waals surface area contributed by atoms with Crippen molar-refractivity contribution >= 4 is 16.8 Å². The molecule has 3 aromatic rings. The van der Waals surface area contributed by atoms with Crippen LogP contribution >= 0.6 is 0 Å². The molecule has 25 heavy (non-hydrogen) atoms. The summed E-state index contributed by atoms with van der Waals surface area (Å²) >= 11 is 0. The van der Waals surface area contributed by atoms with Crippen molar-refractivity contribution in [2.45, 2.75) is 25.2 Å². The van der Waals surface area contributed by atoms with Gasteiger partial charge in [0.2, 0.25) is 0 Å². The van der Waals surface area contributed by atoms with Crippen LogP contribution in [0.3, 0.4) is 0 Å². The highest BCUT2D eigenvalue weighted by Gasteiger charge is 2.45. The Kier molecular flexibility index (Phi) is 2.90. The fraction of sp³-hybridized carbons (Fsp3) is 0.375. The first-order chi connectivity index (χ1) is 12.2. The lowest BCUT2D eigenvalue weighted by atomic mass is 10.0. The topological polar surface area (TPSA) is 109 Å². The van der Waals surface area contributed by atoms with Gasteiger partial charge in [0.25, 0.3) is 5.91 Å². The van der Waals surface area contributed by atoms with Gasteiger partial charge >= 0.3 is 5.69 Å². The van der Waals surface area contributed by atoms with Crippen molar-refractivity contribution in [2.75, 3.05) is 13.1 Å². The molecule has 1 fully saturated rings. The van der Waals surface area contributed by atoms with Crippen LogP contribution in [0.5, 0.6) is 0 Å². The Hall–Kier alpha value is -2.94. The molecule has 0 radical (unpaired) electrons. The van der Waals surface area contributed by atoms with Crippen LogP contribution in [0.2, 0.25) is 0 Å². The average Bonchev–Trinajstić information content (AvgIpc) is 3.33. The van der Waals surface area contributed by atoms with Crippen LogP contribution in [0.15, 0.2) is 29.1 Å². The lowest BCUT2D eigenvalue weighted by Gasteiger charge is -2.33. The Balaban J connectivity index is 1.42. The number of carbonyl (C=O) groups excluding carboxylic acids is 1. The Labute approximate surface area is 141 Å². The van der Waals surface area contributed by atoms with E-state index in [0.29, 0.717) is 37.6 Å². The fourth-order valence-electron chi connectivity index (χ4n) is 3.72. The molecule has 2 aromatic heterocycles. The molecule has 2 aliphatic heterocycles. The number of likely N-dealkylation sites (tertiary alicyclic amines) is 1. The van der Waals surface area contributed by atoms with E-state index in [4.69, 9.17) is 4.74 Å². The van der Waals surface area contributed by atoms with Crippen LogP contribution in [-0.2, 0) is 17.9 Å². The summed E-state index contributed by atoms with van der Waals surface area (Å²) in [5.41, 5.74) is 0.483. The Morgan fingerprint density at radius 1 is 1.20 bits per heavy atom. The number of hydrogen-bond acceptors (Lipinski definition) is 5. The maximum atomic E-state index is 12.9. The van der Waals surface area contributed by atoms with Crippen LogP contribution in [0.4, 0.5) is 0 Å². The van der Waals surface area contributed by atoms with Crippen LogP contribution in [-0.4, -0.2) is 54.5 Å². The number of H-pyrrole nitrogens is 2. The van der Waals surface area contributed by atoms with Gasteiger partial charge in [0.15, 0.2) is 11.5 Å². The quantitative estimate of drug-likeness (QED) is 0.661. The summed E-state index contributed by atoms with van der Waals surface area (Å²) in [6, 6.07) is 7.56. The second-order valence-electron chi connectivity index (χ2n) is 6.60. The average molecular weight is 340 g/mol. The predicted octanol–water partition coefficient (Wildman–Crippen LogP) is 0.263. The van der Waals surface area contributed by atoms with E-state index in [9.17, 15) is 9.59 Å². The number of aromatic nitrogens is 5. The molecule has 1 amide bonds. The first kappa shape index (κ1) is 14.4. The Morgan fingerprint density at radius 3 is 3.00 bits per heavy atom. The van der Waals surface area contributed by atoms with E-state index in [-0.39, 0.29) is 18.2 Å². The summed E-state index contributed by atoms with van der Waals surface area (Å²) in [4.78, 5) is 26.5. The number of hydrogen-bond donors (Lipinski definition) is 2. The van der Waals surface area contributed by atoms with E-state index in [0.717, 1.165) is 10.9 Å². The zero-order chi connectivity index (χ0) is 17.0. The van der Waals surface area contributed by atoms with Gasteiger partial charge in [0.05, 0.1) is 18.6 Å². The minimum atomic E-state index is -0.539. The van der Waals surface area contributed by atoms with Gasteiger partial charge in [-0.25, -0.2) is 9.89 Å². The highest BCUT2D eigenvalue weighted by Crippen LogP contribution is 2.32. The minimum absolute atomic E-state index is 0.122. The number of fused-ring (bicyclic) bond motifs is 2. The van der Waals surface area contributed by atoms with Crippen molar-refractivity contribution < 1.29 is 9.53 Å². The number of rotatable bonds is 1. The Morgan fingerprint density at radius 2 is 2.08 bits per heavy atom. The lowest BCUT2D eigenvalue weighted by Crippen LogP contribution is -2.47. The van der Waals surface area contributed by atoms with E-state index in [2.05, 4.69) is 20.4 Å². The van der Waals surface area contributed by atoms with E-state index >= 15 is 0 Å². The Bertz CT molecular complexity index is 1030. The first-order valence-corrected chi connectivity index (χ1v) is 8.16. The van der Waals surface area contributed by atoms with Gasteiger partial charge in [-0.05, 0) is 12.5 Å². The summed E-state index contributed by atoms with van der Waals surface area (Å²) < 4.78 is 7.59. The molecule has 1 spiro atoms. The maximum absolute atomic E-state index is 12.9. The van der Waals surface area contributed by atoms with Gasteiger partial charge in [-0.1, -0.05) is 18.2 Å². The largest absolute Gasteiger partial charge is 0.363 e. The summed E-state index contributed by atoms with van der Waals surface area (Å²) in [6.07, 6.45) is 0.679. The molecule has 1 unspecified atom stereocenters. The molecule has 1 aromatic carbocycles. The molecule has 4 heterocycles. The molecule has 2 aliphatic rings. The van der Waals surface area contributed by atoms with Crippen LogP contribution in [0.1, 0.15) is 22.7 Å². The standard InChI is InChI=1S/C16H16N6O3/c23-14(13-10-3-1-2-4-11(10)17-19-13)21-6-5-16(8-21)9-22-12(7-25-16)18-20-15(22)24/h1-4H,5-9H2,(H,17,19)(H,20,24). The maximum Gasteiger partial charge on any atom is 0.343 e. The van der Waals surface area contributed by atoms with Gasteiger partial charge in [-0.2, -0.15) is 10.2 Å². The number of aromatic amines is 2. The molecule has 2 N–H and O–H groups in total. The van der Waals surface area contributed by atoms with Gasteiger partial charge in [-0.15, -0.1) is 0 Å². The summed E-state index contributed by atoms with van der Waals surface area (Å²) in [6.45, 7) is 1.68. The number of para-hydroxylation sites is 1. The van der Waals surface area contributed by atoms with E-state index in [1.807, 2.05) is 24.3 Å². The molecular formula is C16H16N6O3. The highest BCUT2D eigenvalue weighted by molar-refractivity contribution is 6.04. The molecule has 128 valence electrons. The van der Waals surface area contributed by atoms with Crippen LogP contribution in [0.25, 0.3) is 10.9 Å². The van der Waals surface area contributed by atoms with Crippen molar-refractivity contribution in [3.05, 3.63) is 46.3 Å². The van der Waals surface area contributed by atoms with E-state index in [1.54, 1.807) is 9.47 Å². The number of amides is 1. The monoisotopic (exact) mass is 340 g/mol. The molecule has 0 aliphatic carbocycles. The zero-order valence-electron chi connectivity index (χ0n) is 13.4. The molecule has 9 nitrogen and oxygen atoms in total. The number of ether oxygens (including phenoxy) is 1. The first-order valence-electron chi connectivity index (χ1n) is 8.16. The molecule has 0 saturated carbocycles. The smallest absolute Gasteiger partial charge is 0.343 e. The highest BCUT2D eigenvalue weighted by atomic mass is 16.5. The normalized spacial score (nSPS) is 22.6. The predicted molar refractivity (Wildman–Crippen MR) is 87.0 cm³/mol. The summed E-state index contributed by atoms with van der Waals surface area (Å²) in [5, 5.41) is 14.3. The fourth-order valence-corrected chi connectivity index (χ4v) is 3.72. The zero-order valence-corrected chi connectivity index (χ0v) is 13.4. The van der Waals surface area contributed by atoms with Crippen molar-refractivity contribution in [3.63, 3.8) is 0 Å². The van der Waals surface area contributed by atoms with Crippen molar-refractivity contribution in [1.29, 1.82) is 0 Å². The van der Waals surface area contributed by atoms with Crippen molar-refractivity contribution in [2.24, 2.45) is 0 Å². The molecule has 0 bridgehead atoms. The minimum Gasteiger partial charge on any atom is -0.363 e. The van der Waals surface area contributed by atoms with Gasteiger partial charge < -0.3 is 9.64 Å². The summed E-state index contributed by atoms with van der Waals surface area (Å²) in [5.74, 6) is 0.474. The van der Waals surface area contributed by atoms with Crippen LogP contribution < -0.4 is 5.69 Å². The van der Waals surface area contributed by atoms with E-state index in [1.165, 1.54) is 0 Å². The second-order valence-corrected chi connectivity index (χ2v) is 6.60. The number of nitrogens with zero attached hydrogens (tertiary/aromatic N) is 4. The number of nitrogens with one attached hydrogen (secondary N) is 2.